The molecule has 3 rings (SSSR count). The Labute approximate surface area is 142 Å². The third-order valence-corrected chi connectivity index (χ3v) is 5.10. The van der Waals surface area contributed by atoms with Crippen LogP contribution in [0.2, 0.25) is 0 Å². The lowest BCUT2D eigenvalue weighted by atomic mass is 9.89. The number of halogens is 1. The van der Waals surface area contributed by atoms with E-state index in [4.69, 9.17) is 9.47 Å². The van der Waals surface area contributed by atoms with Crippen molar-refractivity contribution in [2.45, 2.75) is 44.8 Å². The molecular formula is C19H26FNO3. The number of benzene rings is 1. The van der Waals surface area contributed by atoms with Gasteiger partial charge in [-0.3, -0.25) is 4.79 Å². The lowest BCUT2D eigenvalue weighted by Gasteiger charge is -2.44. The van der Waals surface area contributed by atoms with Crippen LogP contribution in [0, 0.1) is 11.7 Å². The number of hydrogen-bond donors (Lipinski definition) is 0. The van der Waals surface area contributed by atoms with Gasteiger partial charge in [-0.15, -0.1) is 0 Å². The highest BCUT2D eigenvalue weighted by Gasteiger charge is 2.48. The fraction of sp³-hybridized carbons (Fsp3) is 0.632. The second-order valence-corrected chi connectivity index (χ2v) is 7.12. The van der Waals surface area contributed by atoms with Crippen molar-refractivity contribution < 1.29 is 18.7 Å². The maximum atomic E-state index is 13.4. The average molecular weight is 335 g/mol. The van der Waals surface area contributed by atoms with Crippen molar-refractivity contribution in [2.24, 2.45) is 5.92 Å². The lowest BCUT2D eigenvalue weighted by molar-refractivity contribution is -0.136. The van der Waals surface area contributed by atoms with Crippen molar-refractivity contribution in [3.05, 3.63) is 35.6 Å². The minimum atomic E-state index is -0.382. The van der Waals surface area contributed by atoms with E-state index in [0.29, 0.717) is 37.8 Å². The molecule has 0 bridgehead atoms. The molecule has 0 unspecified atom stereocenters. The van der Waals surface area contributed by atoms with Gasteiger partial charge >= 0.3 is 0 Å². The molecule has 2 fully saturated rings. The van der Waals surface area contributed by atoms with E-state index in [2.05, 4.69) is 0 Å². The van der Waals surface area contributed by atoms with Crippen molar-refractivity contribution in [1.29, 1.82) is 0 Å². The molecule has 1 spiro atoms. The van der Waals surface area contributed by atoms with Crippen molar-refractivity contribution in [1.82, 2.24) is 4.90 Å². The van der Waals surface area contributed by atoms with E-state index in [1.54, 1.807) is 12.1 Å². The molecule has 1 heterocycles. The molecule has 1 saturated heterocycles. The third-order valence-electron chi connectivity index (χ3n) is 5.10. The van der Waals surface area contributed by atoms with Crippen LogP contribution in [0.1, 0.15) is 43.5 Å². The van der Waals surface area contributed by atoms with Crippen LogP contribution in [0.4, 0.5) is 4.39 Å². The van der Waals surface area contributed by atoms with Gasteiger partial charge in [0.1, 0.15) is 5.82 Å². The molecule has 5 heteroatoms. The molecule has 2 aliphatic rings. The SMILES string of the molecule is CC(C)OC[C@H]1CCC[C@]12CN(C(=O)c1cccc(F)c1)CCO2. The molecule has 2 atom stereocenters. The number of carbonyl (C=O) groups excluding carboxylic acids is 1. The second-order valence-electron chi connectivity index (χ2n) is 7.12. The zero-order chi connectivity index (χ0) is 17.2. The van der Waals surface area contributed by atoms with Gasteiger partial charge in [-0.25, -0.2) is 4.39 Å². The summed E-state index contributed by atoms with van der Waals surface area (Å²) in [4.78, 5) is 14.5. The van der Waals surface area contributed by atoms with Crippen LogP contribution >= 0.6 is 0 Å². The predicted molar refractivity (Wildman–Crippen MR) is 89.4 cm³/mol. The van der Waals surface area contributed by atoms with Crippen LogP contribution in [0.5, 0.6) is 0 Å². The molecule has 1 aromatic carbocycles. The van der Waals surface area contributed by atoms with Crippen LogP contribution in [-0.2, 0) is 9.47 Å². The predicted octanol–water partition coefficient (Wildman–Crippen LogP) is 3.26. The minimum absolute atomic E-state index is 0.118. The Bertz CT molecular complexity index is 592. The summed E-state index contributed by atoms with van der Waals surface area (Å²) >= 11 is 0. The smallest absolute Gasteiger partial charge is 0.254 e. The molecule has 1 saturated carbocycles. The summed E-state index contributed by atoms with van der Waals surface area (Å²) < 4.78 is 25.4. The zero-order valence-electron chi connectivity index (χ0n) is 14.5. The van der Waals surface area contributed by atoms with E-state index < -0.39 is 0 Å². The summed E-state index contributed by atoms with van der Waals surface area (Å²) in [5, 5.41) is 0. The maximum Gasteiger partial charge on any atom is 0.254 e. The van der Waals surface area contributed by atoms with Crippen LogP contribution in [0.3, 0.4) is 0 Å². The molecule has 1 aliphatic heterocycles. The largest absolute Gasteiger partial charge is 0.378 e. The molecule has 4 nitrogen and oxygen atoms in total. The molecule has 0 aromatic heterocycles. The molecule has 1 aliphatic carbocycles. The highest BCUT2D eigenvalue weighted by molar-refractivity contribution is 5.94. The fourth-order valence-corrected chi connectivity index (χ4v) is 3.84. The Morgan fingerprint density at radius 1 is 1.50 bits per heavy atom. The van der Waals surface area contributed by atoms with Gasteiger partial charge in [-0.2, -0.15) is 0 Å². The van der Waals surface area contributed by atoms with E-state index in [9.17, 15) is 9.18 Å². The van der Waals surface area contributed by atoms with Gasteiger partial charge in [0.15, 0.2) is 0 Å². The van der Waals surface area contributed by atoms with Crippen molar-refractivity contribution in [3.63, 3.8) is 0 Å². The molecule has 132 valence electrons. The van der Waals surface area contributed by atoms with Crippen LogP contribution in [-0.4, -0.2) is 48.8 Å². The van der Waals surface area contributed by atoms with Gasteiger partial charge in [0, 0.05) is 18.0 Å². The van der Waals surface area contributed by atoms with Gasteiger partial charge in [-0.05, 0) is 44.9 Å². The van der Waals surface area contributed by atoms with Crippen LogP contribution < -0.4 is 0 Å². The summed E-state index contributed by atoms with van der Waals surface area (Å²) in [6.07, 6.45) is 3.30. The first-order valence-corrected chi connectivity index (χ1v) is 8.80. The third kappa shape index (κ3) is 3.62. The first-order valence-electron chi connectivity index (χ1n) is 8.80. The first kappa shape index (κ1) is 17.4. The number of hydrogen-bond acceptors (Lipinski definition) is 3. The minimum Gasteiger partial charge on any atom is -0.378 e. The second kappa shape index (κ2) is 7.19. The lowest BCUT2D eigenvalue weighted by Crippen LogP contribution is -2.56. The number of morpholine rings is 1. The number of nitrogens with zero attached hydrogens (tertiary/aromatic N) is 1. The Morgan fingerprint density at radius 2 is 2.33 bits per heavy atom. The number of ether oxygens (including phenoxy) is 2. The number of rotatable bonds is 4. The van der Waals surface area contributed by atoms with E-state index in [0.717, 1.165) is 19.3 Å². The normalized spacial score (nSPS) is 27.2. The van der Waals surface area contributed by atoms with Crippen molar-refractivity contribution >= 4 is 5.91 Å². The van der Waals surface area contributed by atoms with Gasteiger partial charge in [0.25, 0.3) is 5.91 Å². The van der Waals surface area contributed by atoms with Crippen molar-refractivity contribution in [2.75, 3.05) is 26.3 Å². The monoisotopic (exact) mass is 335 g/mol. The summed E-state index contributed by atoms with van der Waals surface area (Å²) in [6.45, 7) is 6.37. The Kier molecular flexibility index (Phi) is 5.21. The quantitative estimate of drug-likeness (QED) is 0.848. The molecular weight excluding hydrogens is 309 g/mol. The summed E-state index contributed by atoms with van der Waals surface area (Å²) in [5.41, 5.74) is 0.0934. The molecule has 0 radical (unpaired) electrons. The number of amides is 1. The standard InChI is InChI=1S/C19H26FNO3/c1-14(2)23-12-16-6-4-8-19(16)13-21(9-10-24-19)18(22)15-5-3-7-17(20)11-15/h3,5,7,11,14,16H,4,6,8-10,12-13H2,1-2H3/t16-,19+/m1/s1. The van der Waals surface area contributed by atoms with E-state index in [-0.39, 0.29) is 23.4 Å². The molecule has 0 N–H and O–H groups in total. The highest BCUT2D eigenvalue weighted by Crippen LogP contribution is 2.41. The van der Waals surface area contributed by atoms with E-state index in [1.165, 1.54) is 12.1 Å². The average Bonchev–Trinajstić information content (AvgIpc) is 2.94. The zero-order valence-corrected chi connectivity index (χ0v) is 14.5. The van der Waals surface area contributed by atoms with Gasteiger partial charge in [-0.1, -0.05) is 12.5 Å². The molecule has 24 heavy (non-hydrogen) atoms. The highest BCUT2D eigenvalue weighted by atomic mass is 19.1. The first-order chi connectivity index (χ1) is 11.5. The Hall–Kier alpha value is -1.46. The molecule has 1 aromatic rings. The van der Waals surface area contributed by atoms with Gasteiger partial charge in [0.2, 0.25) is 0 Å². The van der Waals surface area contributed by atoms with Gasteiger partial charge < -0.3 is 14.4 Å². The Balaban J connectivity index is 1.72. The van der Waals surface area contributed by atoms with E-state index in [1.807, 2.05) is 18.7 Å². The number of carbonyl (C=O) groups is 1. The summed E-state index contributed by atoms with van der Waals surface area (Å²) in [5.74, 6) is -0.191. The summed E-state index contributed by atoms with van der Waals surface area (Å²) in [7, 11) is 0. The van der Waals surface area contributed by atoms with Crippen LogP contribution in [0.15, 0.2) is 24.3 Å². The molecule has 1 amide bonds. The topological polar surface area (TPSA) is 38.8 Å². The van der Waals surface area contributed by atoms with Gasteiger partial charge in [0.05, 0.1) is 31.5 Å². The van der Waals surface area contributed by atoms with E-state index >= 15 is 0 Å². The van der Waals surface area contributed by atoms with Crippen LogP contribution in [0.25, 0.3) is 0 Å². The fourth-order valence-electron chi connectivity index (χ4n) is 3.84. The maximum absolute atomic E-state index is 13.4. The van der Waals surface area contributed by atoms with Crippen molar-refractivity contribution in [3.8, 4) is 0 Å². The Morgan fingerprint density at radius 3 is 3.08 bits per heavy atom. The summed E-state index contributed by atoms with van der Waals surface area (Å²) in [6, 6.07) is 5.90.